The first-order chi connectivity index (χ1) is 7.11. The Hall–Kier alpha value is -0.960. The zero-order valence-corrected chi connectivity index (χ0v) is 9.03. The average molecular weight is 211 g/mol. The Morgan fingerprint density at radius 2 is 1.80 bits per heavy atom. The second-order valence-electron chi connectivity index (χ2n) is 4.24. The first-order valence-electron chi connectivity index (χ1n) is 5.27. The normalized spacial score (nSPS) is 20.9. The van der Waals surface area contributed by atoms with E-state index in [0.29, 0.717) is 17.7 Å². The van der Waals surface area contributed by atoms with Crippen LogP contribution in [0.1, 0.15) is 29.0 Å². The van der Waals surface area contributed by atoms with Crippen LogP contribution in [0.3, 0.4) is 0 Å². The summed E-state index contributed by atoms with van der Waals surface area (Å²) in [6.07, 6.45) is 0.816. The lowest BCUT2D eigenvalue weighted by Crippen LogP contribution is -2.12. The summed E-state index contributed by atoms with van der Waals surface area (Å²) in [5, 5.41) is 3.13. The Morgan fingerprint density at radius 1 is 1.20 bits per heavy atom. The van der Waals surface area contributed by atoms with Crippen molar-refractivity contribution >= 4 is 0 Å². The number of rotatable bonds is 1. The standard InChI is InChI=1S/C12H15F2N/c1-7-5-8(2)12(14)10(11(7)13)9-3-4-15-6-9/h5,9,15H,3-4,6H2,1-2H3. The largest absolute Gasteiger partial charge is 0.316 e. The van der Waals surface area contributed by atoms with Crippen molar-refractivity contribution < 1.29 is 8.78 Å². The van der Waals surface area contributed by atoms with E-state index in [9.17, 15) is 8.78 Å². The van der Waals surface area contributed by atoms with Gasteiger partial charge in [0.15, 0.2) is 0 Å². The molecule has 1 aliphatic heterocycles. The molecule has 1 nitrogen and oxygen atoms in total. The van der Waals surface area contributed by atoms with E-state index in [1.807, 2.05) is 0 Å². The van der Waals surface area contributed by atoms with Crippen LogP contribution in [0.2, 0.25) is 0 Å². The second-order valence-corrected chi connectivity index (χ2v) is 4.24. The predicted molar refractivity (Wildman–Crippen MR) is 56.1 cm³/mol. The van der Waals surface area contributed by atoms with E-state index in [2.05, 4.69) is 5.32 Å². The van der Waals surface area contributed by atoms with Gasteiger partial charge in [-0.1, -0.05) is 6.07 Å². The molecule has 1 saturated heterocycles. The van der Waals surface area contributed by atoms with Crippen LogP contribution in [0.4, 0.5) is 8.78 Å². The SMILES string of the molecule is Cc1cc(C)c(F)c(C2CCNC2)c1F. The Bertz CT molecular complexity index is 355. The van der Waals surface area contributed by atoms with Crippen molar-refractivity contribution in [1.82, 2.24) is 5.32 Å². The summed E-state index contributed by atoms with van der Waals surface area (Å²) < 4.78 is 27.7. The van der Waals surface area contributed by atoms with Crippen LogP contribution >= 0.6 is 0 Å². The smallest absolute Gasteiger partial charge is 0.132 e. The third-order valence-corrected chi connectivity index (χ3v) is 3.07. The van der Waals surface area contributed by atoms with Gasteiger partial charge >= 0.3 is 0 Å². The fourth-order valence-corrected chi connectivity index (χ4v) is 2.23. The number of halogens is 2. The molecule has 1 aromatic rings. The average Bonchev–Trinajstić information content (AvgIpc) is 2.69. The van der Waals surface area contributed by atoms with Crippen LogP contribution in [-0.2, 0) is 0 Å². The Balaban J connectivity index is 2.52. The maximum absolute atomic E-state index is 13.8. The fourth-order valence-electron chi connectivity index (χ4n) is 2.23. The number of hydrogen-bond acceptors (Lipinski definition) is 1. The van der Waals surface area contributed by atoms with E-state index >= 15 is 0 Å². The van der Waals surface area contributed by atoms with Crippen molar-refractivity contribution in [3.8, 4) is 0 Å². The quantitative estimate of drug-likeness (QED) is 0.753. The molecular formula is C12H15F2N. The van der Waals surface area contributed by atoms with E-state index in [-0.39, 0.29) is 23.1 Å². The molecular weight excluding hydrogens is 196 g/mol. The molecule has 0 amide bonds. The topological polar surface area (TPSA) is 12.0 Å². The molecule has 0 aliphatic carbocycles. The summed E-state index contributed by atoms with van der Waals surface area (Å²) in [6, 6.07) is 1.57. The molecule has 1 heterocycles. The van der Waals surface area contributed by atoms with Crippen LogP contribution in [-0.4, -0.2) is 13.1 Å². The minimum Gasteiger partial charge on any atom is -0.316 e. The minimum atomic E-state index is -0.369. The fraction of sp³-hybridized carbons (Fsp3) is 0.500. The van der Waals surface area contributed by atoms with E-state index < -0.39 is 0 Å². The zero-order chi connectivity index (χ0) is 11.0. The third-order valence-electron chi connectivity index (χ3n) is 3.07. The molecule has 1 unspecified atom stereocenters. The first-order valence-corrected chi connectivity index (χ1v) is 5.27. The summed E-state index contributed by atoms with van der Waals surface area (Å²) in [5.41, 5.74) is 1.35. The number of aryl methyl sites for hydroxylation is 2. The van der Waals surface area contributed by atoms with Crippen LogP contribution in [0.15, 0.2) is 6.07 Å². The van der Waals surface area contributed by atoms with Gasteiger partial charge in [0.05, 0.1) is 0 Å². The van der Waals surface area contributed by atoms with Crippen molar-refractivity contribution in [3.63, 3.8) is 0 Å². The predicted octanol–water partition coefficient (Wildman–Crippen LogP) is 2.66. The molecule has 1 N–H and O–H groups in total. The van der Waals surface area contributed by atoms with Gasteiger partial charge in [-0.05, 0) is 37.9 Å². The van der Waals surface area contributed by atoms with E-state index in [0.717, 1.165) is 13.0 Å². The summed E-state index contributed by atoms with van der Waals surface area (Å²) in [6.45, 7) is 4.90. The van der Waals surface area contributed by atoms with E-state index in [4.69, 9.17) is 0 Å². The Kier molecular flexibility index (Phi) is 2.74. The highest BCUT2D eigenvalue weighted by Gasteiger charge is 2.25. The lowest BCUT2D eigenvalue weighted by molar-refractivity contribution is 0.522. The molecule has 0 saturated carbocycles. The van der Waals surface area contributed by atoms with Gasteiger partial charge in [-0.15, -0.1) is 0 Å². The monoisotopic (exact) mass is 211 g/mol. The maximum atomic E-state index is 13.8. The zero-order valence-electron chi connectivity index (χ0n) is 9.03. The highest BCUT2D eigenvalue weighted by Crippen LogP contribution is 2.30. The van der Waals surface area contributed by atoms with Crippen LogP contribution in [0, 0.1) is 25.5 Å². The van der Waals surface area contributed by atoms with Gasteiger partial charge in [0.25, 0.3) is 0 Å². The van der Waals surface area contributed by atoms with Crippen LogP contribution in [0.5, 0.6) is 0 Å². The molecule has 15 heavy (non-hydrogen) atoms. The van der Waals surface area contributed by atoms with E-state index in [1.165, 1.54) is 0 Å². The van der Waals surface area contributed by atoms with E-state index in [1.54, 1.807) is 19.9 Å². The third kappa shape index (κ3) is 1.76. The minimum absolute atomic E-state index is 0.0106. The molecule has 1 aliphatic rings. The highest BCUT2D eigenvalue weighted by molar-refractivity contribution is 5.35. The molecule has 0 radical (unpaired) electrons. The van der Waals surface area contributed by atoms with Crippen molar-refractivity contribution in [3.05, 3.63) is 34.4 Å². The summed E-state index contributed by atoms with van der Waals surface area (Å²) in [5.74, 6) is -0.748. The molecule has 0 aromatic heterocycles. The number of benzene rings is 1. The van der Waals surface area contributed by atoms with Crippen molar-refractivity contribution in [2.45, 2.75) is 26.2 Å². The summed E-state index contributed by atoms with van der Waals surface area (Å²) in [7, 11) is 0. The van der Waals surface area contributed by atoms with Gasteiger partial charge in [-0.25, -0.2) is 8.78 Å². The van der Waals surface area contributed by atoms with Gasteiger partial charge in [0.2, 0.25) is 0 Å². The molecule has 0 spiro atoms. The van der Waals surface area contributed by atoms with Crippen molar-refractivity contribution in [2.75, 3.05) is 13.1 Å². The molecule has 1 fully saturated rings. The van der Waals surface area contributed by atoms with Gasteiger partial charge < -0.3 is 5.32 Å². The molecule has 1 aromatic carbocycles. The maximum Gasteiger partial charge on any atom is 0.132 e. The van der Waals surface area contributed by atoms with Gasteiger partial charge in [-0.3, -0.25) is 0 Å². The summed E-state index contributed by atoms with van der Waals surface area (Å²) in [4.78, 5) is 0. The Morgan fingerprint density at radius 3 is 2.27 bits per heavy atom. The first kappa shape index (κ1) is 10.6. The summed E-state index contributed by atoms with van der Waals surface area (Å²) >= 11 is 0. The molecule has 2 rings (SSSR count). The van der Waals surface area contributed by atoms with Crippen LogP contribution in [0.25, 0.3) is 0 Å². The van der Waals surface area contributed by atoms with Crippen molar-refractivity contribution in [2.24, 2.45) is 0 Å². The second kappa shape index (κ2) is 3.89. The molecule has 82 valence electrons. The molecule has 3 heteroatoms. The number of hydrogen-bond donors (Lipinski definition) is 1. The van der Waals surface area contributed by atoms with Gasteiger partial charge in [0, 0.05) is 18.0 Å². The molecule has 0 bridgehead atoms. The van der Waals surface area contributed by atoms with Gasteiger partial charge in [-0.2, -0.15) is 0 Å². The van der Waals surface area contributed by atoms with Crippen LogP contribution < -0.4 is 5.32 Å². The lowest BCUT2D eigenvalue weighted by Gasteiger charge is -2.14. The Labute approximate surface area is 88.5 Å². The van der Waals surface area contributed by atoms with Gasteiger partial charge in [0.1, 0.15) is 11.6 Å². The number of nitrogens with one attached hydrogen (secondary N) is 1. The highest BCUT2D eigenvalue weighted by atomic mass is 19.1. The molecule has 1 atom stereocenters. The lowest BCUT2D eigenvalue weighted by atomic mass is 9.93. The van der Waals surface area contributed by atoms with Crippen molar-refractivity contribution in [1.29, 1.82) is 0 Å².